The van der Waals surface area contributed by atoms with Gasteiger partial charge in [0.1, 0.15) is 6.10 Å². The first kappa shape index (κ1) is 34.5. The minimum absolute atomic E-state index is 0.0133. The molecule has 2 unspecified atom stereocenters. The molecule has 1 amide bonds. The zero-order chi connectivity index (χ0) is 34.1. The van der Waals surface area contributed by atoms with Gasteiger partial charge in [-0.2, -0.15) is 0 Å². The van der Waals surface area contributed by atoms with Gasteiger partial charge in [0.2, 0.25) is 5.91 Å². The van der Waals surface area contributed by atoms with Crippen LogP contribution in [0.5, 0.6) is 11.5 Å². The second kappa shape index (κ2) is 14.8. The Bertz CT molecular complexity index is 1480. The van der Waals surface area contributed by atoms with Gasteiger partial charge in [0.05, 0.1) is 12.1 Å². The lowest BCUT2D eigenvalue weighted by atomic mass is 9.51. The highest BCUT2D eigenvalue weighted by Gasteiger charge is 2.67. The van der Waals surface area contributed by atoms with Gasteiger partial charge in [-0.15, -0.1) is 0 Å². The van der Waals surface area contributed by atoms with Crippen LogP contribution in [0.4, 0.5) is 0 Å². The summed E-state index contributed by atoms with van der Waals surface area (Å²) in [7, 11) is 0. The van der Waals surface area contributed by atoms with E-state index in [0.29, 0.717) is 30.0 Å². The average Bonchev–Trinajstić information content (AvgIpc) is 3.66. The second-order valence-electron chi connectivity index (χ2n) is 16.1. The number of hydrogen-bond donors (Lipinski definition) is 1. The number of carbonyl (C=O) groups is 2. The topological polar surface area (TPSA) is 79.3 Å². The molecule has 5 aliphatic rings. The number of likely N-dealkylation sites (tertiary alicyclic amines) is 1. The molecule has 49 heavy (non-hydrogen) atoms. The van der Waals surface area contributed by atoms with Gasteiger partial charge in [0, 0.05) is 48.9 Å². The zero-order valence-electron chi connectivity index (χ0n) is 30.1. The molecule has 3 fully saturated rings. The third-order valence-corrected chi connectivity index (χ3v) is 12.6. The van der Waals surface area contributed by atoms with Crippen LogP contribution in [0.15, 0.2) is 42.5 Å². The summed E-state index contributed by atoms with van der Waals surface area (Å²) in [6, 6.07) is 15.3. The van der Waals surface area contributed by atoms with Gasteiger partial charge in [-0.1, -0.05) is 74.9 Å². The Morgan fingerprint density at radius 3 is 2.41 bits per heavy atom. The summed E-state index contributed by atoms with van der Waals surface area (Å²) in [5, 5.41) is 10.2. The lowest BCUT2D eigenvalue weighted by Gasteiger charge is -2.61. The van der Waals surface area contributed by atoms with Crippen molar-refractivity contribution < 1.29 is 24.2 Å². The lowest BCUT2D eigenvalue weighted by molar-refractivity contribution is -0.146. The number of nitrogens with zero attached hydrogens (tertiary/aromatic N) is 2. The van der Waals surface area contributed by atoms with Crippen LogP contribution in [0, 0.1) is 11.8 Å². The van der Waals surface area contributed by atoms with E-state index in [1.807, 2.05) is 6.07 Å². The molecule has 2 saturated carbocycles. The summed E-state index contributed by atoms with van der Waals surface area (Å²) >= 11 is 0. The van der Waals surface area contributed by atoms with Crippen LogP contribution in [-0.2, 0) is 27.8 Å². The van der Waals surface area contributed by atoms with E-state index in [9.17, 15) is 14.7 Å². The highest BCUT2D eigenvalue weighted by atomic mass is 16.6. The van der Waals surface area contributed by atoms with Crippen LogP contribution in [0.1, 0.15) is 121 Å². The summed E-state index contributed by atoms with van der Waals surface area (Å²) in [6.45, 7) is 7.70. The van der Waals surface area contributed by atoms with Crippen molar-refractivity contribution in [2.45, 2.75) is 153 Å². The van der Waals surface area contributed by atoms with Gasteiger partial charge in [0.15, 0.2) is 11.5 Å². The summed E-state index contributed by atoms with van der Waals surface area (Å²) in [5.41, 5.74) is 3.80. The van der Waals surface area contributed by atoms with Crippen molar-refractivity contribution in [1.29, 1.82) is 0 Å². The first-order valence-corrected chi connectivity index (χ1v) is 19.6. The molecule has 1 spiro atoms. The minimum atomic E-state index is -0.339. The van der Waals surface area contributed by atoms with E-state index >= 15 is 0 Å². The van der Waals surface area contributed by atoms with Crippen molar-refractivity contribution in [3.8, 4) is 11.5 Å². The first-order valence-electron chi connectivity index (χ1n) is 19.6. The molecule has 7 heteroatoms. The normalized spacial score (nSPS) is 29.3. The summed E-state index contributed by atoms with van der Waals surface area (Å²) < 4.78 is 12.8. The Labute approximate surface area is 293 Å². The largest absolute Gasteiger partial charge is 0.483 e. The van der Waals surface area contributed by atoms with Crippen molar-refractivity contribution in [1.82, 2.24) is 9.80 Å². The molecule has 2 aliphatic heterocycles. The van der Waals surface area contributed by atoms with Crippen LogP contribution in [0.25, 0.3) is 0 Å². The number of rotatable bonds is 16. The van der Waals surface area contributed by atoms with Crippen LogP contribution in [0.3, 0.4) is 0 Å². The number of benzene rings is 2. The number of hydrogen-bond acceptors (Lipinski definition) is 6. The number of aliphatic hydroxyl groups is 1. The van der Waals surface area contributed by atoms with Gasteiger partial charge in [-0.3, -0.25) is 14.5 Å². The predicted octanol–water partition coefficient (Wildman–Crippen LogP) is 7.39. The molecule has 0 radical (unpaired) electrons. The molecule has 2 aromatic rings. The molecule has 2 bridgehead atoms. The maximum Gasteiger partial charge on any atom is 0.308 e. The molecule has 1 N–H and O–H groups in total. The minimum Gasteiger partial charge on any atom is -0.483 e. The van der Waals surface area contributed by atoms with E-state index in [1.54, 1.807) is 0 Å². The number of piperidine rings is 1. The molecular weight excluding hydrogens is 612 g/mol. The third kappa shape index (κ3) is 6.91. The molecule has 7 atom stereocenters. The number of aliphatic hydroxyl groups excluding tert-OH is 1. The monoisotopic (exact) mass is 670 g/mol. The number of esters is 1. The number of amides is 1. The lowest BCUT2D eigenvalue weighted by Crippen LogP contribution is -2.69. The number of ether oxygens (including phenoxy) is 2. The van der Waals surface area contributed by atoms with E-state index in [2.05, 4.69) is 60.0 Å². The zero-order valence-corrected chi connectivity index (χ0v) is 30.1. The first-order chi connectivity index (χ1) is 23.8. The Balaban J connectivity index is 0.990. The number of carbonyl (C=O) groups excluding carboxylic acids is 2. The molecule has 0 aromatic heterocycles. The molecular formula is C42H58N2O5. The Hall–Kier alpha value is -2.90. The van der Waals surface area contributed by atoms with E-state index in [4.69, 9.17) is 9.47 Å². The van der Waals surface area contributed by atoms with Gasteiger partial charge in [-0.05, 0) is 94.9 Å². The summed E-state index contributed by atoms with van der Waals surface area (Å²) in [4.78, 5) is 31.1. The van der Waals surface area contributed by atoms with Crippen LogP contribution in [0.2, 0.25) is 0 Å². The van der Waals surface area contributed by atoms with E-state index in [1.165, 1.54) is 68.6 Å². The molecule has 7 rings (SSSR count). The predicted molar refractivity (Wildman–Crippen MR) is 192 cm³/mol. The quantitative estimate of drug-likeness (QED) is 0.114. The molecule has 2 heterocycles. The highest BCUT2D eigenvalue weighted by Crippen LogP contribution is 2.64. The maximum absolute atomic E-state index is 14.1. The van der Waals surface area contributed by atoms with Crippen LogP contribution < -0.4 is 9.47 Å². The van der Waals surface area contributed by atoms with Gasteiger partial charge in [-0.25, -0.2) is 0 Å². The standard InChI is InChI=1S/C42H58N2O5/c1-28(2)44(38(47)18-14-9-7-5-4-6-8-11-15-30-16-12-10-13-17-30)34-21-20-33-35-25-31-19-22-37(48-29(3)45)40-39(31)42(33,41(34)49-40)23-24-43(35)27-32-26-36(32)46/h10,12-13,16-17,19,22,28,32-36,41,46H,4-9,11,14-15,18,20-21,23-27H2,1-3H3/t32?,33-,34-,35+,36?,41-,42-/m0/s1. The van der Waals surface area contributed by atoms with Crippen molar-refractivity contribution in [3.63, 3.8) is 0 Å². The number of aryl methyl sites for hydroxylation is 1. The Morgan fingerprint density at radius 2 is 1.71 bits per heavy atom. The molecule has 266 valence electrons. The fourth-order valence-electron chi connectivity index (χ4n) is 10.4. The molecule has 7 nitrogen and oxygen atoms in total. The van der Waals surface area contributed by atoms with Crippen molar-refractivity contribution >= 4 is 11.9 Å². The fourth-order valence-corrected chi connectivity index (χ4v) is 10.4. The third-order valence-electron chi connectivity index (χ3n) is 12.6. The Kier molecular flexibility index (Phi) is 10.4. The summed E-state index contributed by atoms with van der Waals surface area (Å²) in [6.07, 6.45) is 15.9. The molecule has 1 saturated heterocycles. The molecule has 3 aliphatic carbocycles. The smallest absolute Gasteiger partial charge is 0.308 e. The summed E-state index contributed by atoms with van der Waals surface area (Å²) in [5.74, 6) is 1.99. The molecule has 2 aromatic carbocycles. The van der Waals surface area contributed by atoms with E-state index in [-0.39, 0.29) is 41.6 Å². The van der Waals surface area contributed by atoms with Gasteiger partial charge >= 0.3 is 5.97 Å². The van der Waals surface area contributed by atoms with E-state index in [0.717, 1.165) is 63.8 Å². The van der Waals surface area contributed by atoms with E-state index < -0.39 is 0 Å². The maximum atomic E-state index is 14.1. The van der Waals surface area contributed by atoms with Crippen LogP contribution >= 0.6 is 0 Å². The fraction of sp³-hybridized carbons (Fsp3) is 0.667. The van der Waals surface area contributed by atoms with Crippen LogP contribution in [-0.4, -0.2) is 70.2 Å². The second-order valence-corrected chi connectivity index (χ2v) is 16.1. The van der Waals surface area contributed by atoms with Gasteiger partial charge < -0.3 is 19.5 Å². The van der Waals surface area contributed by atoms with Crippen molar-refractivity contribution in [2.75, 3.05) is 13.1 Å². The Morgan fingerprint density at radius 1 is 1.00 bits per heavy atom. The number of unbranched alkanes of at least 4 members (excludes halogenated alkanes) is 7. The highest BCUT2D eigenvalue weighted by molar-refractivity contribution is 5.77. The van der Waals surface area contributed by atoms with Gasteiger partial charge in [0.25, 0.3) is 0 Å². The SMILES string of the molecule is CC(=O)Oc1ccc2c3c1O[C@H]1[C@@H](N(C(=O)CCCCCCCCCCc4ccccc4)C(C)C)CC[C@H]4[C@@H](C2)N(CC2CC2O)CC[C@@]341. The van der Waals surface area contributed by atoms with Crippen molar-refractivity contribution in [2.24, 2.45) is 11.8 Å². The average molecular weight is 671 g/mol. The van der Waals surface area contributed by atoms with Crippen molar-refractivity contribution in [3.05, 3.63) is 59.2 Å².